The molecule has 0 saturated heterocycles. The number of hydrazine groups is 1. The van der Waals surface area contributed by atoms with Gasteiger partial charge in [0.05, 0.1) is 0 Å². The molecule has 0 spiro atoms. The van der Waals surface area contributed by atoms with Crippen molar-refractivity contribution < 1.29 is 13.2 Å². The fourth-order valence-corrected chi connectivity index (χ4v) is 1.87. The van der Waals surface area contributed by atoms with Gasteiger partial charge in [-0.25, -0.2) is 10.8 Å². The molecule has 0 aliphatic rings. The van der Waals surface area contributed by atoms with Gasteiger partial charge in [0, 0.05) is 6.54 Å². The molecule has 0 aliphatic carbocycles. The second-order valence-corrected chi connectivity index (χ2v) is 3.95. The lowest BCUT2D eigenvalue weighted by atomic mass is 10.4. The van der Waals surface area contributed by atoms with Gasteiger partial charge in [-0.3, -0.25) is 5.01 Å². The van der Waals surface area contributed by atoms with Crippen molar-refractivity contribution in [2.45, 2.75) is 19.5 Å². The number of alkyl halides is 3. The van der Waals surface area contributed by atoms with Gasteiger partial charge in [0.15, 0.2) is 5.69 Å². The summed E-state index contributed by atoms with van der Waals surface area (Å²) in [5, 5.41) is 9.69. The van der Waals surface area contributed by atoms with Crippen molar-refractivity contribution in [3.8, 4) is 6.07 Å². The topological polar surface area (TPSA) is 65.9 Å². The molecule has 1 aromatic rings. The van der Waals surface area contributed by atoms with E-state index < -0.39 is 16.7 Å². The van der Waals surface area contributed by atoms with Crippen molar-refractivity contribution in [1.82, 2.24) is 4.98 Å². The van der Waals surface area contributed by atoms with E-state index in [-0.39, 0.29) is 5.13 Å². The third-order valence-electron chi connectivity index (χ3n) is 1.70. The molecule has 2 N–H and O–H groups in total. The number of hydrogen-bond acceptors (Lipinski definition) is 5. The Bertz CT molecular complexity index is 406. The molecule has 0 radical (unpaired) electrons. The molecule has 0 atom stereocenters. The average molecular weight is 250 g/mol. The Hall–Kier alpha value is -1.33. The maximum absolute atomic E-state index is 12.4. The highest BCUT2D eigenvalue weighted by Gasteiger charge is 2.38. The van der Waals surface area contributed by atoms with Crippen LogP contribution in [-0.2, 0) is 6.18 Å². The Balaban J connectivity index is 3.09. The Morgan fingerprint density at radius 3 is 2.56 bits per heavy atom. The summed E-state index contributed by atoms with van der Waals surface area (Å²) in [5.74, 6) is 5.49. The third kappa shape index (κ3) is 2.62. The van der Waals surface area contributed by atoms with Crippen LogP contribution in [0.4, 0.5) is 18.3 Å². The van der Waals surface area contributed by atoms with E-state index in [0.29, 0.717) is 24.3 Å². The molecule has 88 valence electrons. The predicted octanol–water partition coefficient (Wildman–Crippen LogP) is 2.12. The van der Waals surface area contributed by atoms with Crippen molar-refractivity contribution in [3.05, 3.63) is 10.6 Å². The lowest BCUT2D eigenvalue weighted by Gasteiger charge is -2.12. The summed E-state index contributed by atoms with van der Waals surface area (Å²) < 4.78 is 37.3. The second kappa shape index (κ2) is 4.67. The minimum atomic E-state index is -4.62. The number of nitrogens with zero attached hydrogens (tertiary/aromatic N) is 3. The minimum absolute atomic E-state index is 0.00530. The quantitative estimate of drug-likeness (QED) is 0.659. The van der Waals surface area contributed by atoms with Gasteiger partial charge in [0.1, 0.15) is 10.9 Å². The standard InChI is InChI=1S/C8H9F3N4S/c1-2-3-15(13)7-14-6(8(9,10)11)5(4-12)16-7/h2-3,13H2,1H3. The first-order chi connectivity index (χ1) is 7.40. The van der Waals surface area contributed by atoms with Crippen LogP contribution in [0.2, 0.25) is 0 Å². The monoisotopic (exact) mass is 250 g/mol. The van der Waals surface area contributed by atoms with Crippen LogP contribution < -0.4 is 10.9 Å². The SMILES string of the molecule is CCCN(N)c1nc(C(F)(F)F)c(C#N)s1. The van der Waals surface area contributed by atoms with Crippen LogP contribution >= 0.6 is 11.3 Å². The molecule has 0 fully saturated rings. The van der Waals surface area contributed by atoms with E-state index in [1.165, 1.54) is 6.07 Å². The summed E-state index contributed by atoms with van der Waals surface area (Å²) in [5.41, 5.74) is -1.17. The number of rotatable bonds is 3. The second-order valence-electron chi connectivity index (χ2n) is 2.98. The maximum atomic E-state index is 12.4. The number of thiazole rings is 1. The number of nitriles is 1. The van der Waals surface area contributed by atoms with Gasteiger partial charge in [-0.1, -0.05) is 18.3 Å². The molecule has 8 heteroatoms. The zero-order valence-corrected chi connectivity index (χ0v) is 9.19. The van der Waals surface area contributed by atoms with Crippen LogP contribution in [0.5, 0.6) is 0 Å². The molecular weight excluding hydrogens is 241 g/mol. The molecule has 0 bridgehead atoms. The van der Waals surface area contributed by atoms with Gasteiger partial charge in [0.25, 0.3) is 0 Å². The Kier molecular flexibility index (Phi) is 3.72. The predicted molar refractivity (Wildman–Crippen MR) is 53.7 cm³/mol. The number of aromatic nitrogens is 1. The smallest absolute Gasteiger partial charge is 0.286 e. The van der Waals surface area contributed by atoms with Crippen LogP contribution in [0.3, 0.4) is 0 Å². The zero-order valence-electron chi connectivity index (χ0n) is 8.38. The minimum Gasteiger partial charge on any atom is -0.286 e. The van der Waals surface area contributed by atoms with Crippen molar-refractivity contribution >= 4 is 16.5 Å². The molecule has 0 saturated carbocycles. The molecule has 0 aromatic carbocycles. The Morgan fingerprint density at radius 2 is 2.19 bits per heavy atom. The van der Waals surface area contributed by atoms with Gasteiger partial charge >= 0.3 is 6.18 Å². The summed E-state index contributed by atoms with van der Waals surface area (Å²) in [7, 11) is 0. The lowest BCUT2D eigenvalue weighted by Crippen LogP contribution is -2.31. The first-order valence-corrected chi connectivity index (χ1v) is 5.22. The Morgan fingerprint density at radius 1 is 1.56 bits per heavy atom. The van der Waals surface area contributed by atoms with Crippen molar-refractivity contribution in [2.75, 3.05) is 11.6 Å². The van der Waals surface area contributed by atoms with E-state index in [4.69, 9.17) is 11.1 Å². The van der Waals surface area contributed by atoms with E-state index in [1.54, 1.807) is 0 Å². The summed E-state index contributed by atoms with van der Waals surface area (Å²) in [4.78, 5) is 2.88. The highest BCUT2D eigenvalue weighted by molar-refractivity contribution is 7.16. The summed E-state index contributed by atoms with van der Waals surface area (Å²) in [6.07, 6.45) is -3.94. The summed E-state index contributed by atoms with van der Waals surface area (Å²) in [6, 6.07) is 1.47. The Labute approximate surface area is 94.1 Å². The van der Waals surface area contributed by atoms with Crippen LogP contribution in [0, 0.1) is 11.3 Å². The molecule has 1 heterocycles. The molecule has 16 heavy (non-hydrogen) atoms. The number of halogens is 3. The first-order valence-electron chi connectivity index (χ1n) is 4.40. The zero-order chi connectivity index (χ0) is 12.3. The van der Waals surface area contributed by atoms with E-state index in [2.05, 4.69) is 4.98 Å². The molecular formula is C8H9F3N4S. The molecule has 1 rings (SSSR count). The highest BCUT2D eigenvalue weighted by Crippen LogP contribution is 2.36. The molecule has 0 amide bonds. The van der Waals surface area contributed by atoms with Crippen LogP contribution in [0.15, 0.2) is 0 Å². The maximum Gasteiger partial charge on any atom is 0.435 e. The normalized spacial score (nSPS) is 11.2. The van der Waals surface area contributed by atoms with E-state index >= 15 is 0 Å². The summed E-state index contributed by atoms with van der Waals surface area (Å²) >= 11 is 0.643. The van der Waals surface area contributed by atoms with Gasteiger partial charge in [-0.2, -0.15) is 18.4 Å². The highest BCUT2D eigenvalue weighted by atomic mass is 32.1. The summed E-state index contributed by atoms with van der Waals surface area (Å²) in [6.45, 7) is 2.22. The van der Waals surface area contributed by atoms with Crippen molar-refractivity contribution in [3.63, 3.8) is 0 Å². The van der Waals surface area contributed by atoms with Crippen LogP contribution in [0.1, 0.15) is 23.9 Å². The van der Waals surface area contributed by atoms with Gasteiger partial charge in [-0.05, 0) is 6.42 Å². The third-order valence-corrected chi connectivity index (χ3v) is 2.69. The first kappa shape index (κ1) is 12.7. The van der Waals surface area contributed by atoms with E-state index in [0.717, 1.165) is 5.01 Å². The molecule has 0 aliphatic heterocycles. The number of anilines is 1. The largest absolute Gasteiger partial charge is 0.435 e. The molecule has 4 nitrogen and oxygen atoms in total. The molecule has 0 unspecified atom stereocenters. The van der Waals surface area contributed by atoms with Crippen LogP contribution in [0.25, 0.3) is 0 Å². The van der Waals surface area contributed by atoms with Crippen molar-refractivity contribution in [2.24, 2.45) is 5.84 Å². The van der Waals surface area contributed by atoms with Crippen LogP contribution in [-0.4, -0.2) is 11.5 Å². The van der Waals surface area contributed by atoms with Crippen molar-refractivity contribution in [1.29, 1.82) is 5.26 Å². The number of nitrogens with two attached hydrogens (primary N) is 1. The van der Waals surface area contributed by atoms with E-state index in [9.17, 15) is 13.2 Å². The fraction of sp³-hybridized carbons (Fsp3) is 0.500. The average Bonchev–Trinajstić information content (AvgIpc) is 2.61. The van der Waals surface area contributed by atoms with Gasteiger partial charge in [0.2, 0.25) is 5.13 Å². The lowest BCUT2D eigenvalue weighted by molar-refractivity contribution is -0.140. The van der Waals surface area contributed by atoms with E-state index in [1.807, 2.05) is 6.92 Å². The number of hydrogen-bond donors (Lipinski definition) is 1. The fourth-order valence-electron chi connectivity index (χ4n) is 1.04. The van der Waals surface area contributed by atoms with Gasteiger partial charge < -0.3 is 0 Å². The molecule has 1 aromatic heterocycles. The van der Waals surface area contributed by atoms with Gasteiger partial charge in [-0.15, -0.1) is 0 Å².